The topological polar surface area (TPSA) is 96.9 Å². The average molecular weight is 446 g/mol. The molecule has 3 rings (SSSR count). The molecule has 1 aromatic heterocycles. The largest absolute Gasteiger partial charge is 0.455 e. The number of hydrogen-bond donors (Lipinski definition) is 0. The summed E-state index contributed by atoms with van der Waals surface area (Å²) in [6.45, 7) is 3.87. The number of esters is 1. The van der Waals surface area contributed by atoms with Gasteiger partial charge in [0, 0.05) is 37.2 Å². The van der Waals surface area contributed by atoms with Crippen LogP contribution in [0, 0.1) is 5.92 Å². The van der Waals surface area contributed by atoms with E-state index < -0.39 is 21.9 Å². The molecule has 8 nitrogen and oxygen atoms in total. The van der Waals surface area contributed by atoms with E-state index in [1.165, 1.54) is 22.8 Å². The van der Waals surface area contributed by atoms with Crippen LogP contribution in [0.3, 0.4) is 0 Å². The van der Waals surface area contributed by atoms with Crippen molar-refractivity contribution in [2.75, 3.05) is 24.6 Å². The lowest BCUT2D eigenvalue weighted by atomic mass is 9.98. The Kier molecular flexibility index (Phi) is 7.40. The minimum atomic E-state index is -3.63. The van der Waals surface area contributed by atoms with E-state index in [1.54, 1.807) is 11.0 Å². The molecule has 1 fully saturated rings. The van der Waals surface area contributed by atoms with E-state index in [0.717, 1.165) is 5.69 Å². The molecular weight excluding hydrogens is 418 g/mol. The molecule has 0 atom stereocenters. The summed E-state index contributed by atoms with van der Waals surface area (Å²) in [6.07, 6.45) is 3.52. The third-order valence-corrected chi connectivity index (χ3v) is 7.10. The van der Waals surface area contributed by atoms with Gasteiger partial charge in [-0.2, -0.15) is 4.31 Å². The molecule has 0 spiro atoms. The summed E-state index contributed by atoms with van der Waals surface area (Å²) < 4.78 is 32.0. The second kappa shape index (κ2) is 10.0. The second-order valence-corrected chi connectivity index (χ2v) is 9.61. The number of para-hydroxylation sites is 1. The Morgan fingerprint density at radius 3 is 2.39 bits per heavy atom. The van der Waals surface area contributed by atoms with Gasteiger partial charge in [0.2, 0.25) is 10.0 Å². The second-order valence-electron chi connectivity index (χ2n) is 7.67. The molecule has 0 unspecified atom stereocenters. The van der Waals surface area contributed by atoms with Gasteiger partial charge in [-0.15, -0.1) is 0 Å². The van der Waals surface area contributed by atoms with Crippen molar-refractivity contribution in [1.29, 1.82) is 0 Å². The number of anilines is 1. The zero-order valence-corrected chi connectivity index (χ0v) is 18.5. The number of benzene rings is 1. The predicted octanol–water partition coefficient (Wildman–Crippen LogP) is 2.47. The Morgan fingerprint density at radius 1 is 1.13 bits per heavy atom. The van der Waals surface area contributed by atoms with Crippen LogP contribution in [0.1, 0.15) is 26.7 Å². The number of amides is 1. The summed E-state index contributed by atoms with van der Waals surface area (Å²) in [5.74, 6) is -1.20. The first-order valence-corrected chi connectivity index (χ1v) is 11.7. The van der Waals surface area contributed by atoms with Gasteiger partial charge in [0.15, 0.2) is 6.61 Å². The molecule has 1 aromatic carbocycles. The van der Waals surface area contributed by atoms with Gasteiger partial charge in [0.25, 0.3) is 5.91 Å². The summed E-state index contributed by atoms with van der Waals surface area (Å²) in [5.41, 5.74) is 0.743. The fourth-order valence-corrected chi connectivity index (χ4v) is 5.05. The van der Waals surface area contributed by atoms with Gasteiger partial charge >= 0.3 is 5.97 Å². The Bertz CT molecular complexity index is 988. The smallest absolute Gasteiger partial charge is 0.309 e. The highest BCUT2D eigenvalue weighted by Crippen LogP contribution is 2.24. The van der Waals surface area contributed by atoms with Crippen molar-refractivity contribution in [3.05, 3.63) is 54.9 Å². The summed E-state index contributed by atoms with van der Waals surface area (Å²) in [7, 11) is -3.63. The fourth-order valence-electron chi connectivity index (χ4n) is 3.62. The van der Waals surface area contributed by atoms with Gasteiger partial charge in [-0.25, -0.2) is 8.42 Å². The molecule has 0 aliphatic carbocycles. The van der Waals surface area contributed by atoms with Gasteiger partial charge in [0.05, 0.1) is 5.92 Å². The summed E-state index contributed by atoms with van der Waals surface area (Å²) in [6, 6.07) is 12.2. The molecule has 0 radical (unpaired) electrons. The third kappa shape index (κ3) is 5.48. The van der Waals surface area contributed by atoms with Crippen molar-refractivity contribution in [3.8, 4) is 0 Å². The number of ether oxygens (including phenoxy) is 1. The Labute approximate surface area is 182 Å². The molecule has 1 aliphatic heterocycles. The molecule has 0 saturated carbocycles. The number of piperidine rings is 1. The molecule has 1 aliphatic rings. The lowest BCUT2D eigenvalue weighted by Gasteiger charge is -2.30. The van der Waals surface area contributed by atoms with E-state index >= 15 is 0 Å². The summed E-state index contributed by atoms with van der Waals surface area (Å²) in [5, 5.41) is 0. The molecular formula is C22H27N3O5S. The van der Waals surface area contributed by atoms with Crippen LogP contribution in [0.5, 0.6) is 0 Å². The van der Waals surface area contributed by atoms with Crippen LogP contribution in [0.4, 0.5) is 5.69 Å². The number of hydrogen-bond acceptors (Lipinski definition) is 6. The number of carbonyl (C=O) groups excluding carboxylic acids is 2. The zero-order valence-electron chi connectivity index (χ0n) is 17.7. The molecule has 9 heteroatoms. The van der Waals surface area contributed by atoms with E-state index in [-0.39, 0.29) is 36.5 Å². The van der Waals surface area contributed by atoms with E-state index in [0.29, 0.717) is 12.8 Å². The average Bonchev–Trinajstić information content (AvgIpc) is 2.78. The molecule has 0 N–H and O–H groups in total. The van der Waals surface area contributed by atoms with Gasteiger partial charge in [-0.3, -0.25) is 14.6 Å². The van der Waals surface area contributed by atoms with Crippen molar-refractivity contribution < 1.29 is 22.7 Å². The number of aromatic nitrogens is 1. The minimum absolute atomic E-state index is 0.0884. The van der Waals surface area contributed by atoms with Gasteiger partial charge in [0.1, 0.15) is 4.90 Å². The lowest BCUT2D eigenvalue weighted by Crippen LogP contribution is -2.42. The highest BCUT2D eigenvalue weighted by molar-refractivity contribution is 7.89. The van der Waals surface area contributed by atoms with Crippen molar-refractivity contribution in [3.63, 3.8) is 0 Å². The molecule has 2 heterocycles. The quantitative estimate of drug-likeness (QED) is 0.608. The first kappa shape index (κ1) is 22.9. The monoisotopic (exact) mass is 445 g/mol. The molecule has 0 bridgehead atoms. The highest BCUT2D eigenvalue weighted by Gasteiger charge is 2.33. The fraction of sp³-hybridized carbons (Fsp3) is 0.409. The molecule has 2 aromatic rings. The van der Waals surface area contributed by atoms with Crippen molar-refractivity contribution in [2.45, 2.75) is 37.6 Å². The van der Waals surface area contributed by atoms with Crippen LogP contribution in [-0.2, 0) is 24.3 Å². The third-order valence-electron chi connectivity index (χ3n) is 5.22. The highest BCUT2D eigenvalue weighted by atomic mass is 32.2. The van der Waals surface area contributed by atoms with Gasteiger partial charge in [-0.1, -0.05) is 18.2 Å². The van der Waals surface area contributed by atoms with E-state index in [9.17, 15) is 18.0 Å². The van der Waals surface area contributed by atoms with E-state index in [1.807, 2.05) is 44.2 Å². The SMILES string of the molecule is CC(C)N(C(=O)COC(=O)C1CCN(S(=O)(=O)c2cccnc2)CC1)c1ccccc1. The maximum atomic E-state index is 12.7. The number of sulfonamides is 1. The Morgan fingerprint density at radius 2 is 1.81 bits per heavy atom. The Balaban J connectivity index is 1.54. The molecule has 1 saturated heterocycles. The van der Waals surface area contributed by atoms with Crippen LogP contribution in [0.15, 0.2) is 59.8 Å². The molecule has 1 amide bonds. The van der Waals surface area contributed by atoms with Gasteiger partial charge in [-0.05, 0) is 51.0 Å². The summed E-state index contributed by atoms with van der Waals surface area (Å²) in [4.78, 5) is 30.7. The zero-order chi connectivity index (χ0) is 22.4. The Hall–Kier alpha value is -2.78. The maximum Gasteiger partial charge on any atom is 0.309 e. The van der Waals surface area contributed by atoms with Crippen LogP contribution in [0.25, 0.3) is 0 Å². The first-order valence-electron chi connectivity index (χ1n) is 10.2. The van der Waals surface area contributed by atoms with Crippen LogP contribution < -0.4 is 4.90 Å². The standard InChI is InChI=1S/C22H27N3O5S/c1-17(2)25(19-7-4-3-5-8-19)21(26)16-30-22(27)18-10-13-24(14-11-18)31(28,29)20-9-6-12-23-15-20/h3-9,12,15,17-18H,10-11,13-14,16H2,1-2H3. The van der Waals surface area contributed by atoms with E-state index in [2.05, 4.69) is 4.98 Å². The lowest BCUT2D eigenvalue weighted by molar-refractivity contribution is -0.153. The van der Waals surface area contributed by atoms with E-state index in [4.69, 9.17) is 4.74 Å². The van der Waals surface area contributed by atoms with Crippen LogP contribution >= 0.6 is 0 Å². The number of nitrogens with zero attached hydrogens (tertiary/aromatic N) is 3. The minimum Gasteiger partial charge on any atom is -0.455 e. The first-order chi connectivity index (χ1) is 14.8. The number of pyridine rings is 1. The van der Waals surface area contributed by atoms with Crippen LogP contribution in [-0.4, -0.2) is 55.3 Å². The van der Waals surface area contributed by atoms with Gasteiger partial charge < -0.3 is 9.64 Å². The molecule has 31 heavy (non-hydrogen) atoms. The number of rotatable bonds is 7. The molecule has 166 valence electrons. The van der Waals surface area contributed by atoms with Crippen molar-refractivity contribution >= 4 is 27.6 Å². The van der Waals surface area contributed by atoms with Crippen molar-refractivity contribution in [2.24, 2.45) is 5.92 Å². The maximum absolute atomic E-state index is 12.7. The van der Waals surface area contributed by atoms with Crippen LogP contribution in [0.2, 0.25) is 0 Å². The normalized spacial score (nSPS) is 15.6. The predicted molar refractivity (Wildman–Crippen MR) is 116 cm³/mol. The number of carbonyl (C=O) groups is 2. The van der Waals surface area contributed by atoms with Crippen molar-refractivity contribution in [1.82, 2.24) is 9.29 Å². The summed E-state index contributed by atoms with van der Waals surface area (Å²) >= 11 is 0.